The zero-order valence-electron chi connectivity index (χ0n) is 4.21. The molecule has 0 aromatic heterocycles. The Bertz CT molecular complexity index is 77.1. The van der Waals surface area contributed by atoms with E-state index in [1.54, 1.807) is 0 Å². The van der Waals surface area contributed by atoms with E-state index >= 15 is 0 Å². The van der Waals surface area contributed by atoms with Crippen LogP contribution in [0.4, 0.5) is 0 Å². The number of carboxylic acids is 2. The van der Waals surface area contributed by atoms with Gasteiger partial charge in [0, 0.05) is 31.1 Å². The molecule has 0 aliphatic rings. The molecule has 7 heteroatoms. The average Bonchev–Trinajstić information content (AvgIpc) is 1.36. The molecule has 54 valence electrons. The van der Waals surface area contributed by atoms with Crippen molar-refractivity contribution in [3.63, 3.8) is 0 Å². The molecule has 0 aromatic rings. The second-order valence-corrected chi connectivity index (χ2v) is 0.610. The average molecular weight is 364 g/mol. The van der Waals surface area contributed by atoms with E-state index < -0.39 is 11.9 Å². The summed E-state index contributed by atoms with van der Waals surface area (Å²) in [5, 5.41) is 14.8. The molecule has 0 saturated carbocycles. The van der Waals surface area contributed by atoms with Gasteiger partial charge in [0.25, 0.3) is 0 Å². The van der Waals surface area contributed by atoms with Gasteiger partial charge in [-0.2, -0.15) is 0 Å². The van der Waals surface area contributed by atoms with Crippen molar-refractivity contribution < 1.29 is 61.9 Å². The van der Waals surface area contributed by atoms with Crippen LogP contribution in [0.15, 0.2) is 0 Å². The van der Waals surface area contributed by atoms with Crippen LogP contribution in [-0.2, 0) is 9.59 Å². The Morgan fingerprint density at radius 3 is 1.00 bits per heavy atom. The van der Waals surface area contributed by atoms with E-state index in [1.165, 1.54) is 0 Å². The predicted molar refractivity (Wildman–Crippen MR) is 22.5 cm³/mol. The van der Waals surface area contributed by atoms with Crippen LogP contribution in [0.2, 0.25) is 0 Å². The third kappa shape index (κ3) is 18.1. The van der Waals surface area contributed by atoms with Crippen LogP contribution in [0.5, 0.6) is 0 Å². The molecule has 0 rings (SSSR count). The van der Waals surface area contributed by atoms with E-state index in [1.807, 2.05) is 0 Å². The third-order valence-electron chi connectivity index (χ3n) is 0.183. The first-order valence-corrected chi connectivity index (χ1v) is 1.11. The predicted octanol–water partition coefficient (Wildman–Crippen LogP) is -2.49. The van der Waals surface area contributed by atoms with Gasteiger partial charge in [0.05, 0.1) is 0 Å². The fourth-order valence-electron chi connectivity index (χ4n) is 0. The fourth-order valence-corrected chi connectivity index (χ4v) is 0. The van der Waals surface area contributed by atoms with Crippen molar-refractivity contribution in [2.45, 2.75) is 0 Å². The van der Waals surface area contributed by atoms with Gasteiger partial charge in [0.15, 0.2) is 0 Å². The normalized spacial score (nSPS) is 4.89. The number of carbonyl (C=O) groups is 2. The van der Waals surface area contributed by atoms with Gasteiger partial charge in [-0.25, -0.2) is 9.59 Å². The summed E-state index contributed by atoms with van der Waals surface area (Å²) < 4.78 is 0. The monoisotopic (exact) mass is 364 g/mol. The molecular formula is C2H6O6U. The van der Waals surface area contributed by atoms with E-state index in [4.69, 9.17) is 19.8 Å². The topological polar surface area (TPSA) is 138 Å². The summed E-state index contributed by atoms with van der Waals surface area (Å²) in [5.41, 5.74) is 0. The van der Waals surface area contributed by atoms with Gasteiger partial charge in [0.1, 0.15) is 0 Å². The van der Waals surface area contributed by atoms with Gasteiger partial charge in [-0.15, -0.1) is 0 Å². The summed E-state index contributed by atoms with van der Waals surface area (Å²) >= 11 is 0. The first kappa shape index (κ1) is 23.1. The van der Waals surface area contributed by atoms with Crippen LogP contribution in [-0.4, -0.2) is 33.1 Å². The molecule has 0 fully saturated rings. The molecule has 0 radical (unpaired) electrons. The van der Waals surface area contributed by atoms with E-state index in [2.05, 4.69) is 0 Å². The molecular weight excluding hydrogens is 358 g/mol. The van der Waals surface area contributed by atoms with Crippen molar-refractivity contribution in [2.24, 2.45) is 0 Å². The molecule has 0 amide bonds. The van der Waals surface area contributed by atoms with Crippen LogP contribution in [0.1, 0.15) is 0 Å². The number of aliphatic carboxylic acids is 2. The Hall–Kier alpha value is -0.0881. The van der Waals surface area contributed by atoms with Crippen molar-refractivity contribution in [1.82, 2.24) is 0 Å². The van der Waals surface area contributed by atoms with E-state index in [0.717, 1.165) is 0 Å². The van der Waals surface area contributed by atoms with Crippen molar-refractivity contribution in [2.75, 3.05) is 0 Å². The molecule has 0 unspecified atom stereocenters. The summed E-state index contributed by atoms with van der Waals surface area (Å²) in [5.74, 6) is -3.65. The van der Waals surface area contributed by atoms with Gasteiger partial charge in [0.2, 0.25) is 0 Å². The Morgan fingerprint density at radius 1 is 0.889 bits per heavy atom. The van der Waals surface area contributed by atoms with E-state index in [9.17, 15) is 0 Å². The maximum Gasteiger partial charge on any atom is 0.414 e. The molecule has 6 nitrogen and oxygen atoms in total. The zero-order chi connectivity index (χ0) is 5.15. The van der Waals surface area contributed by atoms with Crippen LogP contribution in [0.3, 0.4) is 0 Å². The molecule has 9 heavy (non-hydrogen) atoms. The molecule has 0 spiro atoms. The molecule has 0 bridgehead atoms. The molecule has 0 saturated heterocycles. The Labute approximate surface area is 73.9 Å². The minimum atomic E-state index is -1.82. The molecule has 0 aliphatic carbocycles. The fraction of sp³-hybridized carbons (Fsp3) is 0. The van der Waals surface area contributed by atoms with E-state index in [-0.39, 0.29) is 42.1 Å². The third-order valence-corrected chi connectivity index (χ3v) is 0.183. The largest absolute Gasteiger partial charge is 0.473 e. The maximum absolute atomic E-state index is 9.10. The minimum absolute atomic E-state index is 0. The standard InChI is InChI=1S/C2H2O4.2H2O.U/c3-1(4)2(5)6;;;/h(H,3,4)(H,5,6);2*1H2;. The van der Waals surface area contributed by atoms with Crippen molar-refractivity contribution in [3.05, 3.63) is 0 Å². The van der Waals surface area contributed by atoms with Crippen LogP contribution < -0.4 is 0 Å². The summed E-state index contributed by atoms with van der Waals surface area (Å²) in [6.07, 6.45) is 0. The number of carboxylic acid groups (broad SMARTS) is 2. The van der Waals surface area contributed by atoms with Gasteiger partial charge in [-0.05, 0) is 0 Å². The molecule has 0 atom stereocenters. The summed E-state index contributed by atoms with van der Waals surface area (Å²) in [6, 6.07) is 0. The Balaban J connectivity index is -0.0000000417. The second-order valence-electron chi connectivity index (χ2n) is 0.610. The van der Waals surface area contributed by atoms with Crippen molar-refractivity contribution in [1.29, 1.82) is 0 Å². The van der Waals surface area contributed by atoms with Gasteiger partial charge < -0.3 is 21.2 Å². The van der Waals surface area contributed by atoms with Crippen LogP contribution >= 0.6 is 0 Å². The SMILES string of the molecule is O.O.O=C(O)C(=O)O.[U]. The molecule has 6 N–H and O–H groups in total. The molecule has 0 heterocycles. The van der Waals surface area contributed by atoms with Gasteiger partial charge in [-0.1, -0.05) is 0 Å². The van der Waals surface area contributed by atoms with Gasteiger partial charge >= 0.3 is 11.9 Å². The number of hydrogen-bond acceptors (Lipinski definition) is 2. The zero-order valence-corrected chi connectivity index (χ0v) is 8.37. The Kier molecular flexibility index (Phi) is 27.8. The quantitative estimate of drug-likeness (QED) is 0.459. The van der Waals surface area contributed by atoms with E-state index in [0.29, 0.717) is 0 Å². The second kappa shape index (κ2) is 10.8. The van der Waals surface area contributed by atoms with Gasteiger partial charge in [-0.3, -0.25) is 0 Å². The maximum atomic E-state index is 9.10. The van der Waals surface area contributed by atoms with Crippen LogP contribution in [0.25, 0.3) is 0 Å². The van der Waals surface area contributed by atoms with Crippen molar-refractivity contribution in [3.8, 4) is 0 Å². The summed E-state index contributed by atoms with van der Waals surface area (Å²) in [7, 11) is 0. The first-order valence-electron chi connectivity index (χ1n) is 1.11. The number of rotatable bonds is 0. The Morgan fingerprint density at radius 2 is 1.00 bits per heavy atom. The smallest absolute Gasteiger partial charge is 0.414 e. The summed E-state index contributed by atoms with van der Waals surface area (Å²) in [4.78, 5) is 18.2. The summed E-state index contributed by atoms with van der Waals surface area (Å²) in [6.45, 7) is 0. The minimum Gasteiger partial charge on any atom is -0.473 e. The molecule has 0 aromatic carbocycles. The van der Waals surface area contributed by atoms with Crippen LogP contribution in [0, 0.1) is 31.1 Å². The number of hydrogen-bond donors (Lipinski definition) is 2. The first-order chi connectivity index (χ1) is 2.64. The van der Waals surface area contributed by atoms with Crippen molar-refractivity contribution >= 4 is 11.9 Å². The molecule has 0 aliphatic heterocycles.